The van der Waals surface area contributed by atoms with E-state index in [2.05, 4.69) is 111 Å². The zero-order valence-corrected chi connectivity index (χ0v) is 92.0. The predicted molar refractivity (Wildman–Crippen MR) is 568 cm³/mol. The Hall–Kier alpha value is 0.554. The van der Waals surface area contributed by atoms with Crippen LogP contribution in [0.2, 0.25) is 0 Å². The van der Waals surface area contributed by atoms with Crippen LogP contribution in [0.15, 0.2) is 0 Å². The van der Waals surface area contributed by atoms with E-state index >= 15 is 0 Å². The van der Waals surface area contributed by atoms with Gasteiger partial charge in [-0.15, -0.1) is 0 Å². The second-order valence-corrected chi connectivity index (χ2v) is 42.1. The van der Waals surface area contributed by atoms with Crippen LogP contribution in [0.3, 0.4) is 0 Å². The second-order valence-electron chi connectivity index (χ2n) is 42.1. The van der Waals surface area contributed by atoms with Gasteiger partial charge in [-0.3, -0.25) is 0 Å². The minimum Gasteiger partial charge on any atom is -0.390 e. The van der Waals surface area contributed by atoms with Gasteiger partial charge in [0.15, 0.2) is 0 Å². The molecular weight excluding hydrogens is 1550 g/mol. The third kappa shape index (κ3) is 89.5. The van der Waals surface area contributed by atoms with Crippen molar-refractivity contribution in [1.82, 2.24) is 0 Å². The minimum atomic E-state index is -0.391. The molecule has 756 valence electrons. The van der Waals surface area contributed by atoms with Crippen LogP contribution in [0.25, 0.3) is 0 Å². The minimum absolute atomic E-state index is 0. The van der Waals surface area contributed by atoms with Crippen molar-refractivity contribution in [2.45, 2.75) is 750 Å². The molecule has 4 unspecified atom stereocenters. The van der Waals surface area contributed by atoms with Gasteiger partial charge in [0, 0.05) is 21.7 Å². The van der Waals surface area contributed by atoms with Crippen molar-refractivity contribution in [3.8, 4) is 0 Å². The monoisotopic (exact) mass is 1800 g/mol. The molecule has 125 heavy (non-hydrogen) atoms. The first-order valence-corrected chi connectivity index (χ1v) is 59.5. The third-order valence-corrected chi connectivity index (χ3v) is 30.0. The molecule has 0 radical (unpaired) electrons. The van der Waals surface area contributed by atoms with Gasteiger partial charge in [0.25, 0.3) is 0 Å². The smallest absolute Gasteiger partial charge is 0.0675 e. The first-order valence-electron chi connectivity index (χ1n) is 59.5. The molecule has 0 heterocycles. The maximum atomic E-state index is 11.6. The van der Waals surface area contributed by atoms with Crippen LogP contribution >= 0.6 is 0 Å². The number of aliphatic hydroxyl groups is 4. The van der Waals surface area contributed by atoms with Crippen LogP contribution < -0.4 is 0 Å². The number of hydrogen-bond acceptors (Lipinski definition) is 4. The summed E-state index contributed by atoms with van der Waals surface area (Å²) in [5, 5.41) is 46.3. The molecule has 0 amide bonds. The standard InChI is InChI=1S/4C30H62O.Ti/c4*1-5-9-13-14-15-16-17-18-19-20-21-22-23-24-26-29(25-10-6-2)30(31,27-11-7-3)28-12-8-4;/h4*29,31H,5-28H2,1-4H3;. The summed E-state index contributed by atoms with van der Waals surface area (Å²) in [4.78, 5) is 0. The Kier molecular flexibility index (Phi) is 116. The zero-order chi connectivity index (χ0) is 92.2. The third-order valence-electron chi connectivity index (χ3n) is 30.0. The molecule has 4 N–H and O–H groups in total. The summed E-state index contributed by atoms with van der Waals surface area (Å²) in [6, 6.07) is 0. The molecule has 0 bridgehead atoms. The van der Waals surface area contributed by atoms with Crippen LogP contribution in [0.5, 0.6) is 0 Å². The van der Waals surface area contributed by atoms with Crippen LogP contribution in [0.1, 0.15) is 727 Å². The van der Waals surface area contributed by atoms with E-state index < -0.39 is 22.4 Å². The summed E-state index contributed by atoms with van der Waals surface area (Å²) in [6.07, 6.45) is 127. The molecule has 0 saturated carbocycles. The van der Waals surface area contributed by atoms with E-state index in [1.54, 1.807) is 0 Å². The van der Waals surface area contributed by atoms with Gasteiger partial charge >= 0.3 is 0 Å². The summed E-state index contributed by atoms with van der Waals surface area (Å²) >= 11 is 0. The summed E-state index contributed by atoms with van der Waals surface area (Å²) in [7, 11) is 0. The van der Waals surface area contributed by atoms with Crippen molar-refractivity contribution in [1.29, 1.82) is 0 Å². The van der Waals surface area contributed by atoms with Crippen molar-refractivity contribution >= 4 is 0 Å². The van der Waals surface area contributed by atoms with Crippen LogP contribution in [0.4, 0.5) is 0 Å². The Morgan fingerprint density at radius 2 is 0.192 bits per heavy atom. The van der Waals surface area contributed by atoms with Gasteiger partial charge in [0.1, 0.15) is 0 Å². The van der Waals surface area contributed by atoms with Crippen LogP contribution in [0, 0.1) is 23.7 Å². The van der Waals surface area contributed by atoms with Crippen LogP contribution in [-0.2, 0) is 21.7 Å². The average Bonchev–Trinajstić information content (AvgIpc) is 0.867. The van der Waals surface area contributed by atoms with Gasteiger partial charge in [-0.25, -0.2) is 0 Å². The Bertz CT molecular complexity index is 1590. The maximum Gasteiger partial charge on any atom is 0.0675 e. The van der Waals surface area contributed by atoms with Crippen LogP contribution in [-0.4, -0.2) is 42.8 Å². The van der Waals surface area contributed by atoms with E-state index in [9.17, 15) is 20.4 Å². The number of hydrogen-bond donors (Lipinski definition) is 4. The SMILES string of the molecule is CCCCCCCCCCCCCCCCC(CCCC)C(O)(CCCC)CCCC.CCCCCCCCCCCCCCCCC(CCCC)C(O)(CCCC)CCCC.CCCCCCCCCCCCCCCCC(CCCC)C(O)(CCCC)CCCC.CCCCCCCCCCCCCCCCC(CCCC)C(O)(CCCC)CCCC.[Ti]. The molecule has 0 aliphatic heterocycles. The molecule has 5 heteroatoms. The number of rotatable bonds is 100. The number of unbranched alkanes of at least 4 members (excludes halogenated alkanes) is 64. The Morgan fingerprint density at radius 3 is 0.288 bits per heavy atom. The average molecular weight is 1800 g/mol. The molecule has 0 saturated heterocycles. The van der Waals surface area contributed by atoms with Gasteiger partial charge < -0.3 is 20.4 Å². The molecule has 4 atom stereocenters. The zero-order valence-electron chi connectivity index (χ0n) is 90.5. The molecule has 4 nitrogen and oxygen atoms in total. The summed E-state index contributed by atoms with van der Waals surface area (Å²) in [6.45, 7) is 36.4. The molecular formula is C120H248O4Ti. The Morgan fingerprint density at radius 1 is 0.112 bits per heavy atom. The van der Waals surface area contributed by atoms with E-state index in [4.69, 9.17) is 0 Å². The Balaban J connectivity index is -0.000000511. The summed E-state index contributed by atoms with van der Waals surface area (Å²) in [5.74, 6) is 2.12. The first kappa shape index (κ1) is 134. The largest absolute Gasteiger partial charge is 0.390 e. The van der Waals surface area contributed by atoms with Gasteiger partial charge in [0.05, 0.1) is 22.4 Å². The summed E-state index contributed by atoms with van der Waals surface area (Å²) in [5.41, 5.74) is -1.56. The normalized spacial score (nSPS) is 13.0. The molecule has 0 aliphatic carbocycles. The Labute approximate surface area is 809 Å². The van der Waals surface area contributed by atoms with E-state index in [1.807, 2.05) is 0 Å². The first-order chi connectivity index (χ1) is 60.6. The molecule has 0 aromatic rings. The van der Waals surface area contributed by atoms with Crippen molar-refractivity contribution in [2.75, 3.05) is 0 Å². The van der Waals surface area contributed by atoms with E-state index in [0.717, 1.165) is 51.4 Å². The van der Waals surface area contributed by atoms with Gasteiger partial charge in [-0.05, 0) is 126 Å². The second kappa shape index (κ2) is 108. The molecule has 0 fully saturated rings. The van der Waals surface area contributed by atoms with Crippen molar-refractivity contribution in [2.24, 2.45) is 23.7 Å². The molecule has 0 aliphatic rings. The summed E-state index contributed by atoms with van der Waals surface area (Å²) < 4.78 is 0. The van der Waals surface area contributed by atoms with Crippen molar-refractivity contribution in [3.63, 3.8) is 0 Å². The fourth-order valence-corrected chi connectivity index (χ4v) is 20.9. The predicted octanol–water partition coefficient (Wildman–Crippen LogP) is 43.1. The molecule has 0 aromatic heterocycles. The fraction of sp³-hybridized carbons (Fsp3) is 1.00. The molecule has 0 spiro atoms. The quantitative estimate of drug-likeness (QED) is 0.0361. The van der Waals surface area contributed by atoms with Crippen molar-refractivity contribution in [3.05, 3.63) is 0 Å². The fourth-order valence-electron chi connectivity index (χ4n) is 20.9. The van der Waals surface area contributed by atoms with Crippen molar-refractivity contribution < 1.29 is 42.1 Å². The van der Waals surface area contributed by atoms with Gasteiger partial charge in [-0.2, -0.15) is 0 Å². The topological polar surface area (TPSA) is 80.9 Å². The molecule has 0 rings (SSSR count). The van der Waals surface area contributed by atoms with E-state index in [0.29, 0.717) is 23.7 Å². The van der Waals surface area contributed by atoms with E-state index in [-0.39, 0.29) is 21.7 Å². The van der Waals surface area contributed by atoms with E-state index in [1.165, 1.54) is 565 Å². The maximum absolute atomic E-state index is 11.6. The molecule has 0 aromatic carbocycles. The van der Waals surface area contributed by atoms with Gasteiger partial charge in [0.2, 0.25) is 0 Å². The van der Waals surface area contributed by atoms with Gasteiger partial charge in [-0.1, -0.05) is 624 Å².